The number of benzene rings is 1. The van der Waals surface area contributed by atoms with Crippen molar-refractivity contribution >= 4 is 11.6 Å². The highest BCUT2D eigenvalue weighted by Gasteiger charge is 2.23. The van der Waals surface area contributed by atoms with E-state index in [1.807, 2.05) is 31.2 Å². The monoisotopic (exact) mass is 376 g/mol. The summed E-state index contributed by atoms with van der Waals surface area (Å²) in [6.07, 6.45) is 0.441. The van der Waals surface area contributed by atoms with Crippen molar-refractivity contribution < 1.29 is 4.74 Å². The van der Waals surface area contributed by atoms with E-state index in [2.05, 4.69) is 28.8 Å². The van der Waals surface area contributed by atoms with Gasteiger partial charge in [-0.25, -0.2) is 9.67 Å². The van der Waals surface area contributed by atoms with Gasteiger partial charge in [-0.15, -0.1) is 5.10 Å². The minimum absolute atomic E-state index is 0.131. The highest BCUT2D eigenvalue weighted by molar-refractivity contribution is 6.33. The molecule has 0 spiro atoms. The van der Waals surface area contributed by atoms with Crippen LogP contribution in [0.2, 0.25) is 5.02 Å². The number of hydrogen-bond acceptors (Lipinski definition) is 5. The molecule has 7 heteroatoms. The molecule has 3 rings (SSSR count). The van der Waals surface area contributed by atoms with E-state index in [4.69, 9.17) is 16.3 Å². The van der Waals surface area contributed by atoms with Crippen LogP contribution >= 0.6 is 11.6 Å². The molecule has 0 radical (unpaired) electrons. The minimum Gasteiger partial charge on any atom is -0.379 e. The molecule has 1 fully saturated rings. The van der Waals surface area contributed by atoms with Gasteiger partial charge in [0.05, 0.1) is 18.2 Å². The maximum absolute atomic E-state index is 13.0. The van der Waals surface area contributed by atoms with Gasteiger partial charge in [0.1, 0.15) is 11.9 Å². The van der Waals surface area contributed by atoms with Crippen LogP contribution in [0.3, 0.4) is 0 Å². The van der Waals surface area contributed by atoms with Gasteiger partial charge in [-0.1, -0.05) is 37.6 Å². The molecule has 1 aromatic carbocycles. The van der Waals surface area contributed by atoms with Crippen LogP contribution in [-0.4, -0.2) is 46.0 Å². The first kappa shape index (κ1) is 19.0. The van der Waals surface area contributed by atoms with E-state index in [9.17, 15) is 4.79 Å². The van der Waals surface area contributed by atoms with E-state index in [-0.39, 0.29) is 11.7 Å². The van der Waals surface area contributed by atoms with E-state index in [1.165, 1.54) is 0 Å². The van der Waals surface area contributed by atoms with Crippen LogP contribution in [0.4, 0.5) is 0 Å². The number of nitrogens with zero attached hydrogens (tertiary/aromatic N) is 4. The van der Waals surface area contributed by atoms with Crippen molar-refractivity contribution in [1.82, 2.24) is 19.7 Å². The molecule has 1 unspecified atom stereocenters. The normalized spacial score (nSPS) is 16.8. The lowest BCUT2D eigenvalue weighted by atomic mass is 10.1. The standard InChI is InChI=1S/C19H25ClN4O2/c1-13(2)12-17-19(25)24(14(3)23-8-10-26-11-9-23)22-18(21-17)15-6-4-5-7-16(15)20/h4-7,13-14H,8-12H2,1-3H3. The third-order valence-electron chi connectivity index (χ3n) is 4.54. The highest BCUT2D eigenvalue weighted by atomic mass is 35.5. The second-order valence-electron chi connectivity index (χ2n) is 6.99. The molecule has 1 aromatic heterocycles. The second kappa shape index (κ2) is 8.29. The predicted octanol–water partition coefficient (Wildman–Crippen LogP) is 3.01. The van der Waals surface area contributed by atoms with Crippen molar-refractivity contribution in [3.05, 3.63) is 45.3 Å². The van der Waals surface area contributed by atoms with Crippen LogP contribution in [0.25, 0.3) is 11.4 Å². The first-order valence-electron chi connectivity index (χ1n) is 9.03. The Hall–Kier alpha value is -1.76. The van der Waals surface area contributed by atoms with Crippen molar-refractivity contribution in [3.8, 4) is 11.4 Å². The van der Waals surface area contributed by atoms with Crippen LogP contribution in [0, 0.1) is 5.92 Å². The molecule has 0 aliphatic carbocycles. The molecule has 1 aliphatic heterocycles. The quantitative estimate of drug-likeness (QED) is 0.802. The van der Waals surface area contributed by atoms with Crippen molar-refractivity contribution in [2.75, 3.05) is 26.3 Å². The topological polar surface area (TPSA) is 60.3 Å². The molecular weight excluding hydrogens is 352 g/mol. The van der Waals surface area contributed by atoms with Crippen LogP contribution in [-0.2, 0) is 11.2 Å². The zero-order chi connectivity index (χ0) is 18.7. The molecule has 0 saturated carbocycles. The summed E-state index contributed by atoms with van der Waals surface area (Å²) in [4.78, 5) is 19.8. The Morgan fingerprint density at radius 2 is 1.88 bits per heavy atom. The number of ether oxygens (including phenoxy) is 1. The first-order chi connectivity index (χ1) is 12.5. The Morgan fingerprint density at radius 3 is 2.54 bits per heavy atom. The smallest absolute Gasteiger partial charge is 0.290 e. The fraction of sp³-hybridized carbons (Fsp3) is 0.526. The summed E-state index contributed by atoms with van der Waals surface area (Å²) < 4.78 is 6.97. The molecule has 6 nitrogen and oxygen atoms in total. The first-order valence-corrected chi connectivity index (χ1v) is 9.41. The minimum atomic E-state index is -0.165. The fourth-order valence-corrected chi connectivity index (χ4v) is 3.33. The average molecular weight is 377 g/mol. The van der Waals surface area contributed by atoms with Crippen LogP contribution in [0.15, 0.2) is 29.1 Å². The van der Waals surface area contributed by atoms with Gasteiger partial charge in [-0.2, -0.15) is 0 Å². The number of halogens is 1. The van der Waals surface area contributed by atoms with Gasteiger partial charge in [0, 0.05) is 18.7 Å². The van der Waals surface area contributed by atoms with Gasteiger partial charge in [-0.3, -0.25) is 9.69 Å². The van der Waals surface area contributed by atoms with E-state index in [1.54, 1.807) is 4.68 Å². The van der Waals surface area contributed by atoms with Crippen LogP contribution < -0.4 is 5.56 Å². The molecule has 0 bridgehead atoms. The van der Waals surface area contributed by atoms with Crippen molar-refractivity contribution in [1.29, 1.82) is 0 Å². The Labute approximate surface area is 158 Å². The molecule has 0 N–H and O–H groups in total. The summed E-state index contributed by atoms with van der Waals surface area (Å²) in [6, 6.07) is 7.45. The number of rotatable bonds is 5. The number of morpholine rings is 1. The molecule has 2 heterocycles. The maximum Gasteiger partial charge on any atom is 0.290 e. The lowest BCUT2D eigenvalue weighted by Gasteiger charge is -2.32. The molecule has 26 heavy (non-hydrogen) atoms. The Bertz CT molecular complexity index is 815. The Morgan fingerprint density at radius 1 is 1.19 bits per heavy atom. The molecule has 1 saturated heterocycles. The van der Waals surface area contributed by atoms with Crippen molar-refractivity contribution in [3.63, 3.8) is 0 Å². The molecule has 1 atom stereocenters. The predicted molar refractivity (Wildman–Crippen MR) is 102 cm³/mol. The Balaban J connectivity index is 2.08. The van der Waals surface area contributed by atoms with Crippen molar-refractivity contribution in [2.45, 2.75) is 33.4 Å². The summed E-state index contributed by atoms with van der Waals surface area (Å²) in [6.45, 7) is 9.03. The van der Waals surface area contributed by atoms with E-state index in [0.717, 1.165) is 18.7 Å². The molecule has 1 aliphatic rings. The highest BCUT2D eigenvalue weighted by Crippen LogP contribution is 2.25. The summed E-state index contributed by atoms with van der Waals surface area (Å²) in [5.74, 6) is 0.815. The molecular formula is C19H25ClN4O2. The summed E-state index contributed by atoms with van der Waals surface area (Å²) >= 11 is 6.34. The Kier molecular flexibility index (Phi) is 6.06. The van der Waals surface area contributed by atoms with Gasteiger partial charge >= 0.3 is 0 Å². The zero-order valence-corrected chi connectivity index (χ0v) is 16.2. The molecule has 2 aromatic rings. The average Bonchev–Trinajstić information content (AvgIpc) is 2.64. The van der Waals surface area contributed by atoms with Gasteiger partial charge < -0.3 is 4.74 Å². The van der Waals surface area contributed by atoms with Gasteiger partial charge in [0.2, 0.25) is 0 Å². The molecule has 0 amide bonds. The van der Waals surface area contributed by atoms with E-state index >= 15 is 0 Å². The summed E-state index contributed by atoms with van der Waals surface area (Å²) in [5.41, 5.74) is 1.14. The third-order valence-corrected chi connectivity index (χ3v) is 4.87. The SMILES string of the molecule is CC(C)Cc1nc(-c2ccccc2Cl)nn(C(C)N2CCOCC2)c1=O. The number of aromatic nitrogens is 3. The fourth-order valence-electron chi connectivity index (χ4n) is 3.11. The summed E-state index contributed by atoms with van der Waals surface area (Å²) in [7, 11) is 0. The number of hydrogen-bond donors (Lipinski definition) is 0. The summed E-state index contributed by atoms with van der Waals surface area (Å²) in [5, 5.41) is 5.15. The molecule has 140 valence electrons. The van der Waals surface area contributed by atoms with E-state index in [0.29, 0.717) is 42.1 Å². The van der Waals surface area contributed by atoms with E-state index < -0.39 is 0 Å². The maximum atomic E-state index is 13.0. The second-order valence-corrected chi connectivity index (χ2v) is 7.40. The zero-order valence-electron chi connectivity index (χ0n) is 15.5. The van der Waals surface area contributed by atoms with Gasteiger partial charge in [0.25, 0.3) is 5.56 Å². The lowest BCUT2D eigenvalue weighted by Crippen LogP contribution is -2.44. The largest absolute Gasteiger partial charge is 0.379 e. The van der Waals surface area contributed by atoms with Gasteiger partial charge in [0.15, 0.2) is 5.82 Å². The van der Waals surface area contributed by atoms with Gasteiger partial charge in [-0.05, 0) is 31.4 Å². The van der Waals surface area contributed by atoms with Crippen molar-refractivity contribution in [2.24, 2.45) is 5.92 Å². The third kappa shape index (κ3) is 4.14. The lowest BCUT2D eigenvalue weighted by molar-refractivity contribution is -0.000981. The van der Waals surface area contributed by atoms with Crippen LogP contribution in [0.1, 0.15) is 32.6 Å². The van der Waals surface area contributed by atoms with Crippen LogP contribution in [0.5, 0.6) is 0 Å².